The Balaban J connectivity index is 1.53. The fourth-order valence-corrected chi connectivity index (χ4v) is 5.48. The first kappa shape index (κ1) is 19.1. The molecular formula is C19H22FN3O4S. The third-order valence-corrected chi connectivity index (χ3v) is 7.45. The van der Waals surface area contributed by atoms with E-state index in [0.717, 1.165) is 12.1 Å². The predicted molar refractivity (Wildman–Crippen MR) is 99.0 cm³/mol. The van der Waals surface area contributed by atoms with Crippen molar-refractivity contribution in [2.24, 2.45) is 0 Å². The van der Waals surface area contributed by atoms with Crippen molar-refractivity contribution in [1.82, 2.24) is 14.5 Å². The first-order valence-corrected chi connectivity index (χ1v) is 10.6. The Labute approximate surface area is 163 Å². The molecule has 0 saturated carbocycles. The van der Waals surface area contributed by atoms with E-state index in [9.17, 15) is 17.6 Å². The number of amides is 1. The van der Waals surface area contributed by atoms with E-state index >= 15 is 0 Å². The first-order valence-electron chi connectivity index (χ1n) is 9.19. The highest BCUT2D eigenvalue weighted by Crippen LogP contribution is 2.35. The van der Waals surface area contributed by atoms with Crippen LogP contribution < -0.4 is 5.32 Å². The number of carbonyl (C=O) groups excluding carboxylic acids is 1. The minimum atomic E-state index is -3.70. The van der Waals surface area contributed by atoms with Gasteiger partial charge in [-0.3, -0.25) is 10.1 Å². The lowest BCUT2D eigenvalue weighted by molar-refractivity contribution is -0.134. The molecule has 1 amide bonds. The smallest absolute Gasteiger partial charge is 0.243 e. The zero-order valence-electron chi connectivity index (χ0n) is 15.5. The van der Waals surface area contributed by atoms with Gasteiger partial charge in [-0.1, -0.05) is 0 Å². The van der Waals surface area contributed by atoms with Crippen molar-refractivity contribution in [2.75, 3.05) is 13.1 Å². The van der Waals surface area contributed by atoms with Gasteiger partial charge < -0.3 is 9.32 Å². The lowest BCUT2D eigenvalue weighted by Gasteiger charge is -2.44. The molecule has 0 bridgehead atoms. The molecule has 1 spiro atoms. The van der Waals surface area contributed by atoms with Gasteiger partial charge in [-0.05, 0) is 56.2 Å². The van der Waals surface area contributed by atoms with Crippen LogP contribution in [-0.4, -0.2) is 48.3 Å². The molecule has 4 rings (SSSR count). The summed E-state index contributed by atoms with van der Waals surface area (Å²) in [6.45, 7) is 2.68. The van der Waals surface area contributed by atoms with Gasteiger partial charge in [0, 0.05) is 13.1 Å². The van der Waals surface area contributed by atoms with Gasteiger partial charge in [0.1, 0.15) is 11.6 Å². The molecule has 0 unspecified atom stereocenters. The minimum Gasteiger partial charge on any atom is -0.467 e. The highest BCUT2D eigenvalue weighted by molar-refractivity contribution is 7.89. The number of nitrogens with one attached hydrogen (secondary N) is 1. The summed E-state index contributed by atoms with van der Waals surface area (Å²) in [5, 5.41) is 3.36. The molecule has 3 heterocycles. The molecule has 150 valence electrons. The number of benzene rings is 1. The van der Waals surface area contributed by atoms with Crippen LogP contribution in [0, 0.1) is 5.82 Å². The van der Waals surface area contributed by atoms with E-state index < -0.39 is 21.5 Å². The average molecular weight is 407 g/mol. The van der Waals surface area contributed by atoms with Gasteiger partial charge in [0.25, 0.3) is 0 Å². The van der Waals surface area contributed by atoms with Crippen molar-refractivity contribution < 1.29 is 22.0 Å². The van der Waals surface area contributed by atoms with E-state index in [0.29, 0.717) is 25.1 Å². The van der Waals surface area contributed by atoms with Gasteiger partial charge in [-0.2, -0.15) is 4.31 Å². The van der Waals surface area contributed by atoms with Gasteiger partial charge in [0.15, 0.2) is 0 Å². The van der Waals surface area contributed by atoms with Crippen LogP contribution >= 0.6 is 0 Å². The average Bonchev–Trinajstić information content (AvgIpc) is 3.26. The minimum absolute atomic E-state index is 0.0220. The summed E-state index contributed by atoms with van der Waals surface area (Å²) in [6.07, 6.45) is 2.49. The lowest BCUT2D eigenvalue weighted by Crippen LogP contribution is -2.59. The summed E-state index contributed by atoms with van der Waals surface area (Å²) in [7, 11) is -3.70. The number of sulfonamides is 1. The van der Waals surface area contributed by atoms with Gasteiger partial charge >= 0.3 is 0 Å². The van der Waals surface area contributed by atoms with Crippen LogP contribution in [0.25, 0.3) is 0 Å². The molecule has 2 aliphatic rings. The van der Waals surface area contributed by atoms with Crippen molar-refractivity contribution >= 4 is 15.9 Å². The largest absolute Gasteiger partial charge is 0.467 e. The van der Waals surface area contributed by atoms with E-state index in [1.54, 1.807) is 17.2 Å². The maximum Gasteiger partial charge on any atom is 0.243 e. The van der Waals surface area contributed by atoms with Crippen molar-refractivity contribution in [3.8, 4) is 0 Å². The van der Waals surface area contributed by atoms with Gasteiger partial charge in [0.2, 0.25) is 15.9 Å². The van der Waals surface area contributed by atoms with E-state index in [4.69, 9.17) is 4.42 Å². The monoisotopic (exact) mass is 407 g/mol. The molecule has 1 atom stereocenters. The quantitative estimate of drug-likeness (QED) is 0.837. The molecule has 1 aromatic carbocycles. The Kier molecular flexibility index (Phi) is 4.76. The molecule has 2 aromatic rings. The van der Waals surface area contributed by atoms with E-state index in [1.807, 2.05) is 13.0 Å². The summed E-state index contributed by atoms with van der Waals surface area (Å²) in [6, 6.07) is 8.09. The van der Waals surface area contributed by atoms with Gasteiger partial charge in [-0.15, -0.1) is 0 Å². The zero-order valence-corrected chi connectivity index (χ0v) is 16.3. The predicted octanol–water partition coefficient (Wildman–Crippen LogP) is 1.92. The second-order valence-corrected chi connectivity index (χ2v) is 9.20. The topological polar surface area (TPSA) is 82.9 Å². The summed E-state index contributed by atoms with van der Waals surface area (Å²) < 4.78 is 45.6. The van der Waals surface area contributed by atoms with Crippen LogP contribution in [0.5, 0.6) is 0 Å². The number of piperidine rings is 1. The van der Waals surface area contributed by atoms with Gasteiger partial charge in [0.05, 0.1) is 29.4 Å². The molecule has 0 aliphatic carbocycles. The van der Waals surface area contributed by atoms with Crippen LogP contribution in [0.2, 0.25) is 0 Å². The molecule has 2 fully saturated rings. The Morgan fingerprint density at radius 3 is 2.50 bits per heavy atom. The number of hydrogen-bond donors (Lipinski definition) is 1. The number of carbonyl (C=O) groups is 1. The molecule has 1 aromatic heterocycles. The summed E-state index contributed by atoms with van der Waals surface area (Å²) >= 11 is 0. The number of furan rings is 1. The Hall–Kier alpha value is -2.23. The SMILES string of the molecule is C[C@@H]1NC2(CCN(S(=O)(=O)c3ccc(F)cc3)CC2)N(Cc2ccco2)C1=O. The first-order chi connectivity index (χ1) is 13.3. The molecule has 1 N–H and O–H groups in total. The highest BCUT2D eigenvalue weighted by Gasteiger charge is 2.51. The fraction of sp³-hybridized carbons (Fsp3) is 0.421. The Bertz CT molecular complexity index is 952. The van der Waals surface area contributed by atoms with E-state index in [-0.39, 0.29) is 29.9 Å². The third kappa shape index (κ3) is 3.23. The molecule has 2 saturated heterocycles. The fourth-order valence-electron chi connectivity index (χ4n) is 4.04. The molecule has 2 aliphatic heterocycles. The van der Waals surface area contributed by atoms with Crippen molar-refractivity contribution in [1.29, 1.82) is 0 Å². The second kappa shape index (κ2) is 6.98. The van der Waals surface area contributed by atoms with E-state index in [2.05, 4.69) is 5.32 Å². The van der Waals surface area contributed by atoms with Gasteiger partial charge in [-0.25, -0.2) is 12.8 Å². The Morgan fingerprint density at radius 2 is 1.89 bits per heavy atom. The third-order valence-electron chi connectivity index (χ3n) is 5.53. The highest BCUT2D eigenvalue weighted by atomic mass is 32.2. The Morgan fingerprint density at radius 1 is 1.21 bits per heavy atom. The van der Waals surface area contributed by atoms with Crippen LogP contribution in [0.15, 0.2) is 52.0 Å². The summed E-state index contributed by atoms with van der Waals surface area (Å²) in [5.41, 5.74) is -0.599. The van der Waals surface area contributed by atoms with Crippen molar-refractivity contribution in [2.45, 2.75) is 42.9 Å². The lowest BCUT2D eigenvalue weighted by atomic mass is 9.97. The van der Waals surface area contributed by atoms with Crippen LogP contribution in [0.4, 0.5) is 4.39 Å². The number of hydrogen-bond acceptors (Lipinski definition) is 5. The summed E-state index contributed by atoms with van der Waals surface area (Å²) in [5.74, 6) is 0.184. The van der Waals surface area contributed by atoms with Crippen LogP contribution in [0.1, 0.15) is 25.5 Å². The maximum atomic E-state index is 13.1. The molecule has 0 radical (unpaired) electrons. The molecule has 7 nitrogen and oxygen atoms in total. The number of nitrogens with zero attached hydrogens (tertiary/aromatic N) is 2. The van der Waals surface area contributed by atoms with Crippen LogP contribution in [0.3, 0.4) is 0 Å². The maximum absolute atomic E-state index is 13.1. The number of halogens is 1. The summed E-state index contributed by atoms with van der Waals surface area (Å²) in [4.78, 5) is 14.5. The number of rotatable bonds is 4. The normalized spacial score (nSPS) is 22.9. The molecular weight excluding hydrogens is 385 g/mol. The van der Waals surface area contributed by atoms with Crippen LogP contribution in [-0.2, 0) is 21.4 Å². The van der Waals surface area contributed by atoms with E-state index in [1.165, 1.54) is 16.4 Å². The zero-order chi connectivity index (χ0) is 19.9. The second-order valence-electron chi connectivity index (χ2n) is 7.26. The van der Waals surface area contributed by atoms with Crippen molar-refractivity contribution in [3.63, 3.8) is 0 Å². The standard InChI is InChI=1S/C19H22FN3O4S/c1-14-18(24)23(13-16-3-2-12-27-16)19(21-14)8-10-22(11-9-19)28(25,26)17-6-4-15(20)5-7-17/h2-7,12,14,21H,8-11,13H2,1H3/t14-/m0/s1. The molecule has 28 heavy (non-hydrogen) atoms. The van der Waals surface area contributed by atoms with Crippen molar-refractivity contribution in [3.05, 3.63) is 54.2 Å². The molecule has 9 heteroatoms.